The molecule has 0 radical (unpaired) electrons. The summed E-state index contributed by atoms with van der Waals surface area (Å²) in [7, 11) is 0. The van der Waals surface area contributed by atoms with Gasteiger partial charge in [-0.2, -0.15) is 0 Å². The summed E-state index contributed by atoms with van der Waals surface area (Å²) in [5, 5.41) is 3.28. The smallest absolute Gasteiger partial charge is 0.126 e. The van der Waals surface area contributed by atoms with Crippen LogP contribution in [0.25, 0.3) is 0 Å². The number of nitrogens with two attached hydrogens (primary N) is 1. The first kappa shape index (κ1) is 13.5. The fourth-order valence-corrected chi connectivity index (χ4v) is 1.92. The lowest BCUT2D eigenvalue weighted by Gasteiger charge is -2.09. The van der Waals surface area contributed by atoms with Gasteiger partial charge in [0.1, 0.15) is 10.8 Å². The largest absolute Gasteiger partial charge is 0.389 e. The van der Waals surface area contributed by atoms with Crippen LogP contribution >= 0.6 is 12.2 Å². The van der Waals surface area contributed by atoms with Gasteiger partial charge < -0.3 is 15.6 Å². The number of hydrogen-bond acceptors (Lipinski definition) is 4. The van der Waals surface area contributed by atoms with Gasteiger partial charge in [-0.25, -0.2) is 9.97 Å². The molecule has 2 aromatic heterocycles. The maximum absolute atomic E-state index is 5.64. The fourth-order valence-electron chi connectivity index (χ4n) is 1.80. The maximum atomic E-state index is 5.64. The predicted octanol–water partition coefficient (Wildman–Crippen LogP) is 1.72. The molecule has 0 aliphatic carbocycles. The van der Waals surface area contributed by atoms with E-state index in [1.807, 2.05) is 36.1 Å². The number of rotatable bonds is 6. The Morgan fingerprint density at radius 1 is 1.47 bits per heavy atom. The number of anilines is 1. The van der Waals surface area contributed by atoms with Gasteiger partial charge in [0, 0.05) is 36.7 Å². The molecule has 100 valence electrons. The SMILES string of the molecule is Cc1cc(C(N)=S)cc(NCCCn2ccnc2)n1. The molecule has 6 heteroatoms. The van der Waals surface area contributed by atoms with Crippen LogP contribution in [0.15, 0.2) is 30.9 Å². The first-order valence-corrected chi connectivity index (χ1v) is 6.54. The van der Waals surface area contributed by atoms with Crippen LogP contribution in [0.5, 0.6) is 0 Å². The van der Waals surface area contributed by atoms with Crippen molar-refractivity contribution in [1.82, 2.24) is 14.5 Å². The zero-order chi connectivity index (χ0) is 13.7. The average Bonchev–Trinajstić information content (AvgIpc) is 2.87. The molecular formula is C13H17N5S. The molecule has 2 aromatic rings. The van der Waals surface area contributed by atoms with E-state index in [1.54, 1.807) is 6.20 Å². The summed E-state index contributed by atoms with van der Waals surface area (Å²) in [6.45, 7) is 3.70. The van der Waals surface area contributed by atoms with Gasteiger partial charge in [0.05, 0.1) is 6.33 Å². The van der Waals surface area contributed by atoms with E-state index < -0.39 is 0 Å². The van der Waals surface area contributed by atoms with Gasteiger partial charge in [0.25, 0.3) is 0 Å². The molecule has 19 heavy (non-hydrogen) atoms. The maximum Gasteiger partial charge on any atom is 0.126 e. The number of nitrogens with one attached hydrogen (secondary N) is 1. The molecule has 3 N–H and O–H groups in total. The molecule has 0 amide bonds. The standard InChI is InChI=1S/C13H17N5S/c1-10-7-11(13(14)19)8-12(17-10)16-3-2-5-18-6-4-15-9-18/h4,6-9H,2-3,5H2,1H3,(H2,14,19)(H,16,17). The minimum Gasteiger partial charge on any atom is -0.389 e. The van der Waals surface area contributed by atoms with E-state index in [4.69, 9.17) is 18.0 Å². The van der Waals surface area contributed by atoms with E-state index in [0.717, 1.165) is 36.6 Å². The third-order valence-corrected chi connectivity index (χ3v) is 2.93. The van der Waals surface area contributed by atoms with Crippen LogP contribution in [-0.2, 0) is 6.54 Å². The Bertz CT molecular complexity index is 550. The van der Waals surface area contributed by atoms with Crippen molar-refractivity contribution in [1.29, 1.82) is 0 Å². The Balaban J connectivity index is 1.87. The normalized spacial score (nSPS) is 10.4. The summed E-state index contributed by atoms with van der Waals surface area (Å²) in [4.78, 5) is 8.80. The summed E-state index contributed by atoms with van der Waals surface area (Å²) in [5.74, 6) is 0.813. The summed E-state index contributed by atoms with van der Waals surface area (Å²) in [6.07, 6.45) is 6.55. The number of nitrogens with zero attached hydrogens (tertiary/aromatic N) is 3. The minimum atomic E-state index is 0.395. The molecule has 0 saturated heterocycles. The molecule has 0 fully saturated rings. The van der Waals surface area contributed by atoms with Crippen LogP contribution in [0.2, 0.25) is 0 Å². The minimum absolute atomic E-state index is 0.395. The van der Waals surface area contributed by atoms with Crippen LogP contribution in [-0.4, -0.2) is 26.1 Å². The van der Waals surface area contributed by atoms with E-state index in [-0.39, 0.29) is 0 Å². The second kappa shape index (κ2) is 6.29. The Labute approximate surface area is 117 Å². The van der Waals surface area contributed by atoms with Crippen LogP contribution in [0.1, 0.15) is 17.7 Å². The Kier molecular flexibility index (Phi) is 4.46. The lowest BCUT2D eigenvalue weighted by Crippen LogP contribution is -2.12. The molecule has 0 aliphatic heterocycles. The first-order chi connectivity index (χ1) is 9.15. The number of thiocarbonyl (C=S) groups is 1. The Hall–Kier alpha value is -1.95. The predicted molar refractivity (Wildman–Crippen MR) is 80.2 cm³/mol. The summed E-state index contributed by atoms with van der Waals surface area (Å²) in [5.41, 5.74) is 7.39. The molecule has 2 heterocycles. The van der Waals surface area contributed by atoms with Crippen molar-refractivity contribution in [2.75, 3.05) is 11.9 Å². The van der Waals surface area contributed by atoms with E-state index in [9.17, 15) is 0 Å². The van der Waals surface area contributed by atoms with E-state index >= 15 is 0 Å². The van der Waals surface area contributed by atoms with Crippen molar-refractivity contribution in [3.05, 3.63) is 42.1 Å². The van der Waals surface area contributed by atoms with Crippen molar-refractivity contribution in [3.63, 3.8) is 0 Å². The molecule has 0 unspecified atom stereocenters. The van der Waals surface area contributed by atoms with Crippen LogP contribution in [0, 0.1) is 6.92 Å². The lowest BCUT2D eigenvalue weighted by atomic mass is 10.2. The van der Waals surface area contributed by atoms with Gasteiger partial charge >= 0.3 is 0 Å². The van der Waals surface area contributed by atoms with Gasteiger partial charge in [-0.1, -0.05) is 12.2 Å². The highest BCUT2D eigenvalue weighted by Crippen LogP contribution is 2.10. The Morgan fingerprint density at radius 3 is 3.00 bits per heavy atom. The number of aromatic nitrogens is 3. The van der Waals surface area contributed by atoms with E-state index in [2.05, 4.69) is 15.3 Å². The highest BCUT2D eigenvalue weighted by Gasteiger charge is 2.02. The average molecular weight is 275 g/mol. The van der Waals surface area contributed by atoms with Gasteiger partial charge in [0.15, 0.2) is 0 Å². The molecule has 0 atom stereocenters. The number of aryl methyl sites for hydroxylation is 2. The molecule has 2 rings (SSSR count). The van der Waals surface area contributed by atoms with Crippen LogP contribution in [0.3, 0.4) is 0 Å². The van der Waals surface area contributed by atoms with E-state index in [0.29, 0.717) is 4.99 Å². The highest BCUT2D eigenvalue weighted by molar-refractivity contribution is 7.80. The summed E-state index contributed by atoms with van der Waals surface area (Å²) < 4.78 is 2.05. The lowest BCUT2D eigenvalue weighted by molar-refractivity contribution is 0.660. The van der Waals surface area contributed by atoms with E-state index in [1.165, 1.54) is 0 Å². The van der Waals surface area contributed by atoms with Crippen molar-refractivity contribution in [2.24, 2.45) is 5.73 Å². The first-order valence-electron chi connectivity index (χ1n) is 6.13. The molecule has 0 bridgehead atoms. The molecule has 0 spiro atoms. The Morgan fingerprint density at radius 2 is 2.32 bits per heavy atom. The fraction of sp³-hybridized carbons (Fsp3) is 0.308. The van der Waals surface area contributed by atoms with Gasteiger partial charge in [0.2, 0.25) is 0 Å². The van der Waals surface area contributed by atoms with Gasteiger partial charge in [-0.05, 0) is 25.5 Å². The number of imidazole rings is 1. The second-order valence-electron chi connectivity index (χ2n) is 4.33. The highest BCUT2D eigenvalue weighted by atomic mass is 32.1. The summed E-state index contributed by atoms with van der Waals surface area (Å²) >= 11 is 4.98. The molecule has 0 aliphatic rings. The summed E-state index contributed by atoms with van der Waals surface area (Å²) in [6, 6.07) is 3.77. The van der Waals surface area contributed by atoms with Gasteiger partial charge in [-0.15, -0.1) is 0 Å². The van der Waals surface area contributed by atoms with Crippen LogP contribution < -0.4 is 11.1 Å². The molecule has 0 saturated carbocycles. The molecule has 0 aromatic carbocycles. The van der Waals surface area contributed by atoms with Crippen molar-refractivity contribution in [3.8, 4) is 0 Å². The zero-order valence-electron chi connectivity index (χ0n) is 10.8. The van der Waals surface area contributed by atoms with Crippen molar-refractivity contribution in [2.45, 2.75) is 19.9 Å². The number of pyridine rings is 1. The quantitative estimate of drug-likeness (QED) is 0.620. The third-order valence-electron chi connectivity index (χ3n) is 2.70. The third kappa shape index (κ3) is 4.03. The van der Waals surface area contributed by atoms with Crippen LogP contribution in [0.4, 0.5) is 5.82 Å². The van der Waals surface area contributed by atoms with Gasteiger partial charge in [-0.3, -0.25) is 0 Å². The molecule has 5 nitrogen and oxygen atoms in total. The van der Waals surface area contributed by atoms with Crippen molar-refractivity contribution >= 4 is 23.0 Å². The second-order valence-corrected chi connectivity index (χ2v) is 4.77. The molecular weight excluding hydrogens is 258 g/mol. The van der Waals surface area contributed by atoms with Crippen molar-refractivity contribution < 1.29 is 0 Å². The number of hydrogen-bond donors (Lipinski definition) is 2. The topological polar surface area (TPSA) is 68.8 Å². The monoisotopic (exact) mass is 275 g/mol. The zero-order valence-corrected chi connectivity index (χ0v) is 11.7.